The number of hydrogen-bond acceptors (Lipinski definition) is 4. The first kappa shape index (κ1) is 12.6. The molecule has 2 aromatic rings. The zero-order valence-electron chi connectivity index (χ0n) is 10.1. The number of pyridine rings is 1. The van der Waals surface area contributed by atoms with Crippen LogP contribution in [0.1, 0.15) is 36.1 Å². The lowest BCUT2D eigenvalue weighted by Gasteiger charge is -2.10. The molecule has 5 nitrogen and oxygen atoms in total. The predicted octanol–water partition coefficient (Wildman–Crippen LogP) is 2.33. The smallest absolute Gasteiger partial charge is 0.232 e. The van der Waals surface area contributed by atoms with Gasteiger partial charge in [-0.15, -0.1) is 0 Å². The third kappa shape index (κ3) is 2.09. The Morgan fingerprint density at radius 2 is 2.22 bits per heavy atom. The number of halogens is 1. The first-order chi connectivity index (χ1) is 8.52. The summed E-state index contributed by atoms with van der Waals surface area (Å²) in [4.78, 5) is 16.4. The molecular weight excluding hydrogens is 252 g/mol. The van der Waals surface area contributed by atoms with Gasteiger partial charge in [-0.25, -0.2) is 0 Å². The number of nitrogens with zero attached hydrogens (tertiary/aromatic N) is 3. The molecule has 0 aliphatic rings. The van der Waals surface area contributed by atoms with Gasteiger partial charge in [0.2, 0.25) is 5.78 Å². The molecule has 0 amide bonds. The van der Waals surface area contributed by atoms with Crippen LogP contribution in [-0.2, 0) is 0 Å². The van der Waals surface area contributed by atoms with Gasteiger partial charge in [0.25, 0.3) is 0 Å². The molecule has 0 radical (unpaired) electrons. The molecule has 6 heteroatoms. The summed E-state index contributed by atoms with van der Waals surface area (Å²) in [5, 5.41) is 4.39. The van der Waals surface area contributed by atoms with E-state index in [0.717, 1.165) is 0 Å². The SMILES string of the molecule is CC(C)n1ncc(Cl)c1C(=O)c1ncccc1N. The van der Waals surface area contributed by atoms with Crippen LogP contribution in [0.25, 0.3) is 0 Å². The van der Waals surface area contributed by atoms with Crippen molar-refractivity contribution in [3.63, 3.8) is 0 Å². The molecule has 0 fully saturated rings. The maximum absolute atomic E-state index is 12.4. The van der Waals surface area contributed by atoms with Crippen molar-refractivity contribution < 1.29 is 4.79 Å². The summed E-state index contributed by atoms with van der Waals surface area (Å²) < 4.78 is 1.57. The van der Waals surface area contributed by atoms with Crippen molar-refractivity contribution in [1.29, 1.82) is 0 Å². The summed E-state index contributed by atoms with van der Waals surface area (Å²) in [6, 6.07) is 3.33. The molecule has 2 N–H and O–H groups in total. The molecule has 0 atom stereocenters. The lowest BCUT2D eigenvalue weighted by Crippen LogP contribution is -2.16. The lowest BCUT2D eigenvalue weighted by atomic mass is 10.1. The third-order valence-electron chi connectivity index (χ3n) is 2.51. The zero-order chi connectivity index (χ0) is 13.3. The molecule has 2 aromatic heterocycles. The maximum Gasteiger partial charge on any atom is 0.232 e. The minimum atomic E-state index is -0.315. The van der Waals surface area contributed by atoms with Crippen LogP contribution in [0.4, 0.5) is 5.69 Å². The van der Waals surface area contributed by atoms with Crippen molar-refractivity contribution in [2.45, 2.75) is 19.9 Å². The second-order valence-corrected chi connectivity index (χ2v) is 4.56. The van der Waals surface area contributed by atoms with Crippen LogP contribution >= 0.6 is 11.6 Å². The number of ketones is 1. The Kier molecular flexibility index (Phi) is 3.34. The van der Waals surface area contributed by atoms with Crippen molar-refractivity contribution in [3.05, 3.63) is 40.9 Å². The molecule has 0 saturated heterocycles. The zero-order valence-corrected chi connectivity index (χ0v) is 10.8. The van der Waals surface area contributed by atoms with Gasteiger partial charge in [-0.1, -0.05) is 11.6 Å². The van der Waals surface area contributed by atoms with E-state index in [1.54, 1.807) is 16.8 Å². The number of anilines is 1. The number of nitrogen functional groups attached to an aromatic ring is 1. The number of hydrogen-bond donors (Lipinski definition) is 1. The topological polar surface area (TPSA) is 73.8 Å². The van der Waals surface area contributed by atoms with E-state index in [1.807, 2.05) is 13.8 Å². The Balaban J connectivity index is 2.53. The van der Waals surface area contributed by atoms with E-state index in [4.69, 9.17) is 17.3 Å². The average molecular weight is 265 g/mol. The van der Waals surface area contributed by atoms with Gasteiger partial charge in [-0.05, 0) is 26.0 Å². The van der Waals surface area contributed by atoms with Crippen LogP contribution in [0.3, 0.4) is 0 Å². The van der Waals surface area contributed by atoms with Gasteiger partial charge >= 0.3 is 0 Å². The van der Waals surface area contributed by atoms with Crippen molar-refractivity contribution in [3.8, 4) is 0 Å². The van der Waals surface area contributed by atoms with Crippen LogP contribution in [-0.4, -0.2) is 20.5 Å². The summed E-state index contributed by atoms with van der Waals surface area (Å²) in [5.41, 5.74) is 6.59. The van der Waals surface area contributed by atoms with Crippen LogP contribution in [0, 0.1) is 0 Å². The molecule has 0 unspecified atom stereocenters. The molecular formula is C12H13ClN4O. The lowest BCUT2D eigenvalue weighted by molar-refractivity contribution is 0.102. The van der Waals surface area contributed by atoms with Gasteiger partial charge < -0.3 is 5.73 Å². The molecule has 0 aliphatic carbocycles. The minimum absolute atomic E-state index is 0.0291. The third-order valence-corrected chi connectivity index (χ3v) is 2.79. The van der Waals surface area contributed by atoms with Crippen LogP contribution in [0.5, 0.6) is 0 Å². The summed E-state index contributed by atoms with van der Waals surface area (Å²) in [5.74, 6) is -0.315. The average Bonchev–Trinajstić information content (AvgIpc) is 2.71. The summed E-state index contributed by atoms with van der Waals surface area (Å²) in [6.45, 7) is 3.84. The summed E-state index contributed by atoms with van der Waals surface area (Å²) in [7, 11) is 0. The van der Waals surface area contributed by atoms with E-state index < -0.39 is 0 Å². The summed E-state index contributed by atoms with van der Waals surface area (Å²) in [6.07, 6.45) is 2.97. The second kappa shape index (κ2) is 4.78. The highest BCUT2D eigenvalue weighted by molar-refractivity contribution is 6.34. The Morgan fingerprint density at radius 1 is 1.50 bits per heavy atom. The Labute approximate surface area is 110 Å². The molecule has 2 rings (SSSR count). The first-order valence-corrected chi connectivity index (χ1v) is 5.88. The van der Waals surface area contributed by atoms with E-state index in [2.05, 4.69) is 10.1 Å². The molecule has 0 saturated carbocycles. The fourth-order valence-electron chi connectivity index (χ4n) is 1.66. The van der Waals surface area contributed by atoms with Gasteiger partial charge in [0, 0.05) is 12.2 Å². The van der Waals surface area contributed by atoms with Crippen molar-refractivity contribution in [1.82, 2.24) is 14.8 Å². The predicted molar refractivity (Wildman–Crippen MR) is 69.7 cm³/mol. The Bertz CT molecular complexity index is 592. The van der Waals surface area contributed by atoms with Gasteiger partial charge in [0.1, 0.15) is 11.4 Å². The number of carbonyl (C=O) groups is 1. The Hall–Kier alpha value is -1.88. The number of carbonyl (C=O) groups excluding carboxylic acids is 1. The fraction of sp³-hybridized carbons (Fsp3) is 0.250. The largest absolute Gasteiger partial charge is 0.397 e. The highest BCUT2D eigenvalue weighted by atomic mass is 35.5. The fourth-order valence-corrected chi connectivity index (χ4v) is 1.88. The monoisotopic (exact) mass is 264 g/mol. The first-order valence-electron chi connectivity index (χ1n) is 5.50. The van der Waals surface area contributed by atoms with Crippen LogP contribution in [0.15, 0.2) is 24.5 Å². The molecule has 94 valence electrons. The van der Waals surface area contributed by atoms with Gasteiger partial charge in [-0.3, -0.25) is 14.5 Å². The molecule has 0 spiro atoms. The Morgan fingerprint density at radius 3 is 2.83 bits per heavy atom. The minimum Gasteiger partial charge on any atom is -0.397 e. The normalized spacial score (nSPS) is 10.9. The molecule has 0 aliphatic heterocycles. The maximum atomic E-state index is 12.4. The highest BCUT2D eigenvalue weighted by Gasteiger charge is 2.23. The number of nitrogens with two attached hydrogens (primary N) is 1. The van der Waals surface area contributed by atoms with Crippen molar-refractivity contribution in [2.24, 2.45) is 0 Å². The second-order valence-electron chi connectivity index (χ2n) is 4.15. The molecule has 2 heterocycles. The van der Waals surface area contributed by atoms with E-state index >= 15 is 0 Å². The van der Waals surface area contributed by atoms with E-state index in [-0.39, 0.29) is 17.5 Å². The number of rotatable bonds is 3. The van der Waals surface area contributed by atoms with Gasteiger partial charge in [0.05, 0.1) is 16.9 Å². The summed E-state index contributed by atoms with van der Waals surface area (Å²) >= 11 is 6.01. The van der Waals surface area contributed by atoms with Gasteiger partial charge in [-0.2, -0.15) is 5.10 Å². The number of aromatic nitrogens is 3. The molecule has 0 aromatic carbocycles. The standard InChI is InChI=1S/C12H13ClN4O/c1-7(2)17-11(8(13)6-16-17)12(18)10-9(14)4-3-5-15-10/h3-7H,14H2,1-2H3. The van der Waals surface area contributed by atoms with E-state index in [9.17, 15) is 4.79 Å². The van der Waals surface area contributed by atoms with Crippen molar-refractivity contribution in [2.75, 3.05) is 5.73 Å². The van der Waals surface area contributed by atoms with Crippen LogP contribution < -0.4 is 5.73 Å². The van der Waals surface area contributed by atoms with Crippen molar-refractivity contribution >= 4 is 23.1 Å². The van der Waals surface area contributed by atoms with E-state index in [0.29, 0.717) is 16.4 Å². The van der Waals surface area contributed by atoms with Gasteiger partial charge in [0.15, 0.2) is 0 Å². The van der Waals surface area contributed by atoms with E-state index in [1.165, 1.54) is 12.4 Å². The highest BCUT2D eigenvalue weighted by Crippen LogP contribution is 2.23. The molecule has 0 bridgehead atoms. The molecule has 18 heavy (non-hydrogen) atoms. The quantitative estimate of drug-likeness (QED) is 0.864. The van der Waals surface area contributed by atoms with Crippen LogP contribution in [0.2, 0.25) is 5.02 Å².